The Labute approximate surface area is 92.7 Å². The fourth-order valence-corrected chi connectivity index (χ4v) is 1.53. The molecular formula is C9H12ClN5. The van der Waals surface area contributed by atoms with E-state index in [0.717, 1.165) is 17.8 Å². The van der Waals surface area contributed by atoms with Crippen molar-refractivity contribution in [2.75, 3.05) is 5.88 Å². The van der Waals surface area contributed by atoms with Gasteiger partial charge in [0.15, 0.2) is 0 Å². The zero-order valence-corrected chi connectivity index (χ0v) is 9.22. The zero-order chi connectivity index (χ0) is 10.7. The molecule has 0 N–H and O–H groups in total. The highest BCUT2D eigenvalue weighted by Gasteiger charge is 2.02. The minimum atomic E-state index is 0.572. The lowest BCUT2D eigenvalue weighted by Gasteiger charge is -1.94. The SMILES string of the molecule is Cn1ccc(Cn2cc(CCCl)nn2)n1. The van der Waals surface area contributed by atoms with Gasteiger partial charge in [0.05, 0.1) is 17.9 Å². The molecule has 0 radical (unpaired) electrons. The highest BCUT2D eigenvalue weighted by atomic mass is 35.5. The van der Waals surface area contributed by atoms with E-state index in [1.165, 1.54) is 0 Å². The molecule has 0 saturated carbocycles. The van der Waals surface area contributed by atoms with Gasteiger partial charge in [0.1, 0.15) is 0 Å². The van der Waals surface area contributed by atoms with E-state index in [9.17, 15) is 0 Å². The second-order valence-electron chi connectivity index (χ2n) is 3.33. The molecule has 0 aliphatic heterocycles. The van der Waals surface area contributed by atoms with Gasteiger partial charge in [-0.1, -0.05) is 5.21 Å². The highest BCUT2D eigenvalue weighted by Crippen LogP contribution is 2.00. The Balaban J connectivity index is 2.04. The zero-order valence-electron chi connectivity index (χ0n) is 8.47. The summed E-state index contributed by atoms with van der Waals surface area (Å²) in [5.41, 5.74) is 1.89. The van der Waals surface area contributed by atoms with E-state index >= 15 is 0 Å². The second kappa shape index (κ2) is 4.44. The molecule has 15 heavy (non-hydrogen) atoms. The maximum atomic E-state index is 5.62. The first-order valence-electron chi connectivity index (χ1n) is 4.71. The average Bonchev–Trinajstić information content (AvgIpc) is 2.78. The van der Waals surface area contributed by atoms with Crippen molar-refractivity contribution in [3.05, 3.63) is 29.8 Å². The lowest BCUT2D eigenvalue weighted by Crippen LogP contribution is -2.01. The molecule has 0 atom stereocenters. The second-order valence-corrected chi connectivity index (χ2v) is 3.71. The molecule has 0 saturated heterocycles. The smallest absolute Gasteiger partial charge is 0.0867 e. The Morgan fingerprint density at radius 1 is 1.40 bits per heavy atom. The summed E-state index contributed by atoms with van der Waals surface area (Å²) < 4.78 is 3.54. The van der Waals surface area contributed by atoms with Crippen LogP contribution in [0.1, 0.15) is 11.4 Å². The molecule has 0 fully saturated rings. The molecule has 0 spiro atoms. The van der Waals surface area contributed by atoms with Crippen LogP contribution < -0.4 is 0 Å². The van der Waals surface area contributed by atoms with Crippen LogP contribution in [-0.4, -0.2) is 30.7 Å². The topological polar surface area (TPSA) is 48.5 Å². The molecule has 0 amide bonds. The third-order valence-corrected chi connectivity index (χ3v) is 2.22. The normalized spacial score (nSPS) is 10.8. The quantitative estimate of drug-likeness (QED) is 0.725. The maximum absolute atomic E-state index is 5.62. The van der Waals surface area contributed by atoms with E-state index in [2.05, 4.69) is 15.4 Å². The van der Waals surface area contributed by atoms with E-state index in [0.29, 0.717) is 12.4 Å². The fraction of sp³-hybridized carbons (Fsp3) is 0.444. The van der Waals surface area contributed by atoms with Crippen molar-refractivity contribution < 1.29 is 0 Å². The first-order valence-corrected chi connectivity index (χ1v) is 5.25. The van der Waals surface area contributed by atoms with Gasteiger partial charge in [-0.15, -0.1) is 16.7 Å². The number of rotatable bonds is 4. The fourth-order valence-electron chi connectivity index (χ4n) is 1.34. The van der Waals surface area contributed by atoms with Gasteiger partial charge in [0, 0.05) is 31.7 Å². The monoisotopic (exact) mass is 225 g/mol. The van der Waals surface area contributed by atoms with Gasteiger partial charge in [-0.3, -0.25) is 4.68 Å². The Bertz CT molecular complexity index is 433. The first-order chi connectivity index (χ1) is 7.28. The van der Waals surface area contributed by atoms with E-state index < -0.39 is 0 Å². The Kier molecular flexibility index (Phi) is 3.01. The molecule has 2 rings (SSSR count). The Hall–Kier alpha value is -1.36. The van der Waals surface area contributed by atoms with Crippen LogP contribution in [0.3, 0.4) is 0 Å². The lowest BCUT2D eigenvalue weighted by atomic mass is 10.4. The van der Waals surface area contributed by atoms with Gasteiger partial charge in [0.25, 0.3) is 0 Å². The molecule has 0 aromatic carbocycles. The Morgan fingerprint density at radius 2 is 2.27 bits per heavy atom. The van der Waals surface area contributed by atoms with Gasteiger partial charge in [-0.2, -0.15) is 5.10 Å². The Morgan fingerprint density at radius 3 is 2.93 bits per heavy atom. The van der Waals surface area contributed by atoms with Crippen molar-refractivity contribution in [2.45, 2.75) is 13.0 Å². The van der Waals surface area contributed by atoms with Gasteiger partial charge in [-0.25, -0.2) is 4.68 Å². The van der Waals surface area contributed by atoms with Crippen LogP contribution in [0, 0.1) is 0 Å². The van der Waals surface area contributed by atoms with Crippen LogP contribution in [0.4, 0.5) is 0 Å². The van der Waals surface area contributed by atoms with Crippen LogP contribution in [0.25, 0.3) is 0 Å². The van der Waals surface area contributed by atoms with Gasteiger partial charge in [0.2, 0.25) is 0 Å². The predicted octanol–water partition coefficient (Wildman–Crippen LogP) is 0.841. The molecule has 0 aliphatic rings. The molecule has 0 bridgehead atoms. The number of aromatic nitrogens is 5. The molecule has 2 heterocycles. The van der Waals surface area contributed by atoms with Crippen molar-refractivity contribution in [2.24, 2.45) is 7.05 Å². The molecule has 2 aromatic rings. The summed E-state index contributed by atoms with van der Waals surface area (Å²) in [6.07, 6.45) is 4.56. The standard InChI is InChI=1S/C9H12ClN5/c1-14-5-3-9(12-14)7-15-6-8(2-4-10)11-13-15/h3,5-6H,2,4,7H2,1H3. The van der Waals surface area contributed by atoms with E-state index in [-0.39, 0.29) is 0 Å². The van der Waals surface area contributed by atoms with Crippen molar-refractivity contribution in [3.63, 3.8) is 0 Å². The summed E-state index contributed by atoms with van der Waals surface area (Å²) in [6.45, 7) is 0.649. The van der Waals surface area contributed by atoms with Crippen LogP contribution >= 0.6 is 11.6 Å². The third-order valence-electron chi connectivity index (χ3n) is 2.03. The van der Waals surface area contributed by atoms with Crippen molar-refractivity contribution in [1.82, 2.24) is 24.8 Å². The summed E-state index contributed by atoms with van der Waals surface area (Å²) in [5, 5.41) is 12.3. The number of aryl methyl sites for hydroxylation is 2. The third kappa shape index (κ3) is 2.56. The minimum Gasteiger partial charge on any atom is -0.275 e. The first kappa shape index (κ1) is 10.2. The van der Waals surface area contributed by atoms with Gasteiger partial charge in [-0.05, 0) is 6.07 Å². The summed E-state index contributed by atoms with van der Waals surface area (Å²) >= 11 is 5.62. The molecule has 0 unspecified atom stereocenters. The van der Waals surface area contributed by atoms with Gasteiger partial charge >= 0.3 is 0 Å². The summed E-state index contributed by atoms with van der Waals surface area (Å²) in [5.74, 6) is 0.572. The number of nitrogens with zero attached hydrogens (tertiary/aromatic N) is 5. The van der Waals surface area contributed by atoms with Gasteiger partial charge < -0.3 is 0 Å². The molecule has 80 valence electrons. The molecule has 5 nitrogen and oxygen atoms in total. The molecule has 6 heteroatoms. The number of halogens is 1. The van der Waals surface area contributed by atoms with E-state index in [1.54, 1.807) is 9.36 Å². The lowest BCUT2D eigenvalue weighted by molar-refractivity contribution is 0.624. The van der Waals surface area contributed by atoms with Crippen LogP contribution in [0.5, 0.6) is 0 Å². The van der Waals surface area contributed by atoms with Crippen LogP contribution in [-0.2, 0) is 20.0 Å². The molecule has 2 aromatic heterocycles. The average molecular weight is 226 g/mol. The largest absolute Gasteiger partial charge is 0.275 e. The maximum Gasteiger partial charge on any atom is 0.0867 e. The summed E-state index contributed by atoms with van der Waals surface area (Å²) in [6, 6.07) is 1.96. The molecular weight excluding hydrogens is 214 g/mol. The summed E-state index contributed by atoms with van der Waals surface area (Å²) in [7, 11) is 1.89. The van der Waals surface area contributed by atoms with Crippen LogP contribution in [0.15, 0.2) is 18.5 Å². The number of hydrogen-bond acceptors (Lipinski definition) is 3. The van der Waals surface area contributed by atoms with Crippen molar-refractivity contribution >= 4 is 11.6 Å². The summed E-state index contributed by atoms with van der Waals surface area (Å²) in [4.78, 5) is 0. The highest BCUT2D eigenvalue weighted by molar-refractivity contribution is 6.17. The predicted molar refractivity (Wildman–Crippen MR) is 56.8 cm³/mol. The van der Waals surface area contributed by atoms with E-state index in [1.807, 2.05) is 25.5 Å². The molecule has 0 aliphatic carbocycles. The minimum absolute atomic E-state index is 0.572. The van der Waals surface area contributed by atoms with E-state index in [4.69, 9.17) is 11.6 Å². The number of hydrogen-bond donors (Lipinski definition) is 0. The van der Waals surface area contributed by atoms with Crippen molar-refractivity contribution in [3.8, 4) is 0 Å². The van der Waals surface area contributed by atoms with Crippen molar-refractivity contribution in [1.29, 1.82) is 0 Å². The number of alkyl halides is 1. The van der Waals surface area contributed by atoms with Crippen LogP contribution in [0.2, 0.25) is 0 Å².